The van der Waals surface area contributed by atoms with Crippen LogP contribution in [0.25, 0.3) is 0 Å². The third-order valence-electron chi connectivity index (χ3n) is 6.37. The number of carbonyl (C=O) groups is 2. The number of hydrogen-bond donors (Lipinski definition) is 1. The van der Waals surface area contributed by atoms with Gasteiger partial charge < -0.3 is 10.2 Å². The van der Waals surface area contributed by atoms with E-state index in [0.29, 0.717) is 27.8 Å². The predicted molar refractivity (Wildman–Crippen MR) is 157 cm³/mol. The molecule has 7 nitrogen and oxygen atoms in total. The molecule has 3 aromatic carbocycles. The van der Waals surface area contributed by atoms with Crippen molar-refractivity contribution in [1.82, 2.24) is 10.2 Å². The van der Waals surface area contributed by atoms with Gasteiger partial charge in [-0.1, -0.05) is 73.4 Å². The average Bonchev–Trinajstić information content (AvgIpc) is 2.91. The maximum atomic E-state index is 13.9. The smallest absolute Gasteiger partial charge is 0.264 e. The van der Waals surface area contributed by atoms with E-state index >= 15 is 0 Å². The zero-order valence-electron chi connectivity index (χ0n) is 22.4. The van der Waals surface area contributed by atoms with E-state index in [0.717, 1.165) is 9.87 Å². The van der Waals surface area contributed by atoms with Crippen LogP contribution in [0.5, 0.6) is 0 Å². The highest BCUT2D eigenvalue weighted by molar-refractivity contribution is 7.92. The van der Waals surface area contributed by atoms with E-state index in [9.17, 15) is 18.0 Å². The first-order valence-corrected chi connectivity index (χ1v) is 14.8. The van der Waals surface area contributed by atoms with Gasteiger partial charge in [0.05, 0.1) is 10.6 Å². The van der Waals surface area contributed by atoms with Crippen molar-refractivity contribution in [3.8, 4) is 0 Å². The number of hydrogen-bond acceptors (Lipinski definition) is 4. The third kappa shape index (κ3) is 7.32. The number of likely N-dealkylation sites (N-methyl/N-ethyl adjacent to an activating group) is 1. The Morgan fingerprint density at radius 3 is 2.00 bits per heavy atom. The van der Waals surface area contributed by atoms with Crippen LogP contribution in [-0.4, -0.2) is 44.3 Å². The van der Waals surface area contributed by atoms with Crippen LogP contribution in [0.2, 0.25) is 10.0 Å². The molecule has 0 aliphatic heterocycles. The predicted octanol–water partition coefficient (Wildman–Crippen LogP) is 5.87. The van der Waals surface area contributed by atoms with Gasteiger partial charge in [-0.05, 0) is 61.7 Å². The van der Waals surface area contributed by atoms with Crippen molar-refractivity contribution in [3.63, 3.8) is 0 Å². The standard InChI is InChI=1S/C29H33Cl2N3O4S/c1-5-32-29(36)21(4)33(18-25-26(30)12-9-13-27(25)31)28(35)19-34(23-16-14-22(15-17-23)20(2)3)39(37,38)24-10-7-6-8-11-24/h6-17,20-21H,5,18-19H2,1-4H3,(H,32,36)/t21-/m0/s1. The highest BCUT2D eigenvalue weighted by Crippen LogP contribution is 2.29. The van der Waals surface area contributed by atoms with Gasteiger partial charge in [-0.15, -0.1) is 0 Å². The minimum absolute atomic E-state index is 0.0446. The second-order valence-corrected chi connectivity index (χ2v) is 12.0. The summed E-state index contributed by atoms with van der Waals surface area (Å²) in [4.78, 5) is 28.1. The Kier molecular flexibility index (Phi) is 10.4. The molecule has 0 unspecified atom stereocenters. The highest BCUT2D eigenvalue weighted by atomic mass is 35.5. The number of sulfonamides is 1. The van der Waals surface area contributed by atoms with Gasteiger partial charge in [0.25, 0.3) is 10.0 Å². The summed E-state index contributed by atoms with van der Waals surface area (Å²) >= 11 is 12.8. The van der Waals surface area contributed by atoms with Crippen molar-refractivity contribution in [2.24, 2.45) is 0 Å². The molecule has 1 N–H and O–H groups in total. The summed E-state index contributed by atoms with van der Waals surface area (Å²) < 4.78 is 28.7. The van der Waals surface area contributed by atoms with Gasteiger partial charge in [0, 0.05) is 28.7 Å². The Balaban J connectivity index is 2.07. The Labute approximate surface area is 240 Å². The molecular weight excluding hydrogens is 557 g/mol. The van der Waals surface area contributed by atoms with Crippen LogP contribution in [0, 0.1) is 0 Å². The number of amides is 2. The Hall–Kier alpha value is -3.07. The molecule has 0 saturated heterocycles. The van der Waals surface area contributed by atoms with E-state index in [2.05, 4.69) is 5.32 Å². The molecule has 0 heterocycles. The fourth-order valence-corrected chi connectivity index (χ4v) is 5.98. The van der Waals surface area contributed by atoms with E-state index in [1.165, 1.54) is 17.0 Å². The molecular formula is C29H33Cl2N3O4S. The first-order valence-electron chi connectivity index (χ1n) is 12.6. The van der Waals surface area contributed by atoms with Gasteiger partial charge in [-0.2, -0.15) is 0 Å². The molecule has 0 aliphatic rings. The molecule has 0 bridgehead atoms. The van der Waals surface area contributed by atoms with Crippen molar-refractivity contribution in [2.75, 3.05) is 17.4 Å². The van der Waals surface area contributed by atoms with Crippen LogP contribution in [0.1, 0.15) is 44.7 Å². The van der Waals surface area contributed by atoms with Gasteiger partial charge in [0.2, 0.25) is 11.8 Å². The van der Waals surface area contributed by atoms with Crippen LogP contribution in [0.4, 0.5) is 5.69 Å². The van der Waals surface area contributed by atoms with Gasteiger partial charge in [-0.3, -0.25) is 13.9 Å². The van der Waals surface area contributed by atoms with Crippen molar-refractivity contribution in [2.45, 2.75) is 51.1 Å². The van der Waals surface area contributed by atoms with E-state index in [1.807, 2.05) is 26.0 Å². The summed E-state index contributed by atoms with van der Waals surface area (Å²) in [5.74, 6) is -0.724. The zero-order valence-corrected chi connectivity index (χ0v) is 24.7. The third-order valence-corrected chi connectivity index (χ3v) is 8.86. The summed E-state index contributed by atoms with van der Waals surface area (Å²) in [6.07, 6.45) is 0. The molecule has 0 aliphatic carbocycles. The van der Waals surface area contributed by atoms with Crippen LogP contribution in [0.3, 0.4) is 0 Å². The molecule has 0 fully saturated rings. The molecule has 1 atom stereocenters. The molecule has 10 heteroatoms. The van der Waals surface area contributed by atoms with E-state index < -0.39 is 28.5 Å². The Morgan fingerprint density at radius 1 is 0.872 bits per heavy atom. The second kappa shape index (κ2) is 13.3. The van der Waals surface area contributed by atoms with Crippen molar-refractivity contribution in [3.05, 3.63) is 94.0 Å². The molecule has 0 spiro atoms. The van der Waals surface area contributed by atoms with Crippen molar-refractivity contribution in [1.29, 1.82) is 0 Å². The number of halogens is 2. The summed E-state index contributed by atoms with van der Waals surface area (Å²) in [5, 5.41) is 3.39. The monoisotopic (exact) mass is 589 g/mol. The minimum Gasteiger partial charge on any atom is -0.355 e. The maximum absolute atomic E-state index is 13.9. The number of rotatable bonds is 11. The van der Waals surface area contributed by atoms with E-state index in [4.69, 9.17) is 23.2 Å². The van der Waals surface area contributed by atoms with E-state index in [1.54, 1.807) is 62.4 Å². The maximum Gasteiger partial charge on any atom is 0.264 e. The Morgan fingerprint density at radius 2 is 1.46 bits per heavy atom. The van der Waals surface area contributed by atoms with Crippen molar-refractivity contribution >= 4 is 50.7 Å². The minimum atomic E-state index is -4.13. The summed E-state index contributed by atoms with van der Waals surface area (Å²) in [7, 11) is -4.13. The number of benzene rings is 3. The number of anilines is 1. The Bertz CT molecular complexity index is 1380. The molecule has 0 aromatic heterocycles. The SMILES string of the molecule is CCNC(=O)[C@H](C)N(Cc1c(Cl)cccc1Cl)C(=O)CN(c1ccc(C(C)C)cc1)S(=O)(=O)c1ccccc1. The molecule has 0 radical (unpaired) electrons. The highest BCUT2D eigenvalue weighted by Gasteiger charge is 2.33. The normalized spacial score (nSPS) is 12.2. The van der Waals surface area contributed by atoms with Crippen LogP contribution in [0.15, 0.2) is 77.7 Å². The number of nitrogens with one attached hydrogen (secondary N) is 1. The summed E-state index contributed by atoms with van der Waals surface area (Å²) in [6, 6.07) is 19.0. The van der Waals surface area contributed by atoms with Gasteiger partial charge in [0.15, 0.2) is 0 Å². The first-order chi connectivity index (χ1) is 18.5. The molecule has 3 rings (SSSR count). The van der Waals surface area contributed by atoms with E-state index in [-0.39, 0.29) is 23.3 Å². The lowest BCUT2D eigenvalue weighted by Crippen LogP contribution is -2.51. The largest absolute Gasteiger partial charge is 0.355 e. The molecule has 3 aromatic rings. The lowest BCUT2D eigenvalue weighted by molar-refractivity contribution is -0.139. The van der Waals surface area contributed by atoms with Crippen LogP contribution >= 0.6 is 23.2 Å². The quantitative estimate of drug-likeness (QED) is 0.303. The van der Waals surface area contributed by atoms with Crippen LogP contribution in [-0.2, 0) is 26.2 Å². The van der Waals surface area contributed by atoms with Gasteiger partial charge in [-0.25, -0.2) is 8.42 Å². The molecule has 2 amide bonds. The fraction of sp³-hybridized carbons (Fsp3) is 0.310. The molecule has 208 valence electrons. The van der Waals surface area contributed by atoms with Gasteiger partial charge >= 0.3 is 0 Å². The lowest BCUT2D eigenvalue weighted by Gasteiger charge is -2.32. The second-order valence-electron chi connectivity index (χ2n) is 9.36. The molecule has 0 saturated carbocycles. The van der Waals surface area contributed by atoms with Crippen molar-refractivity contribution < 1.29 is 18.0 Å². The summed E-state index contributed by atoms with van der Waals surface area (Å²) in [6.45, 7) is 7.19. The average molecular weight is 591 g/mol. The van der Waals surface area contributed by atoms with Gasteiger partial charge in [0.1, 0.15) is 12.6 Å². The summed E-state index contributed by atoms with van der Waals surface area (Å²) in [5.41, 5.74) is 1.82. The number of nitrogens with zero attached hydrogens (tertiary/aromatic N) is 2. The number of carbonyl (C=O) groups excluding carboxylic acids is 2. The molecule has 39 heavy (non-hydrogen) atoms. The van der Waals surface area contributed by atoms with Crippen LogP contribution < -0.4 is 9.62 Å². The zero-order chi connectivity index (χ0) is 28.7. The lowest BCUT2D eigenvalue weighted by atomic mass is 10.0. The fourth-order valence-electron chi connectivity index (χ4n) is 4.03. The first kappa shape index (κ1) is 30.5. The topological polar surface area (TPSA) is 86.8 Å².